The zero-order chi connectivity index (χ0) is 18.0. The highest BCUT2D eigenvalue weighted by atomic mass is 32.1. The fraction of sp³-hybridized carbons (Fsp3) is 0.316. The first-order valence-corrected chi connectivity index (χ1v) is 9.18. The molecule has 0 aliphatic heterocycles. The molecule has 0 radical (unpaired) electrons. The zero-order valence-electron chi connectivity index (χ0n) is 14.9. The summed E-state index contributed by atoms with van der Waals surface area (Å²) in [6.07, 6.45) is 2.46. The van der Waals surface area contributed by atoms with Crippen molar-refractivity contribution in [2.45, 2.75) is 33.2 Å². The number of aryl methyl sites for hydroxylation is 1. The predicted octanol–water partition coefficient (Wildman–Crippen LogP) is 4.30. The van der Waals surface area contributed by atoms with Crippen LogP contribution in [0.4, 0.5) is 11.5 Å². The summed E-state index contributed by atoms with van der Waals surface area (Å²) in [4.78, 5) is 25.0. The van der Waals surface area contributed by atoms with Crippen LogP contribution in [0.1, 0.15) is 35.5 Å². The van der Waals surface area contributed by atoms with Gasteiger partial charge in [0.25, 0.3) is 5.91 Å². The number of carbonyl (C=O) groups is 1. The number of carbonyl (C=O) groups excluding carboxylic acids is 1. The van der Waals surface area contributed by atoms with Crippen molar-refractivity contribution in [1.82, 2.24) is 15.3 Å². The van der Waals surface area contributed by atoms with E-state index in [9.17, 15) is 4.79 Å². The molecule has 1 N–H and O–H groups in total. The summed E-state index contributed by atoms with van der Waals surface area (Å²) in [6, 6.07) is 10.2. The Balaban J connectivity index is 2.06. The van der Waals surface area contributed by atoms with Crippen molar-refractivity contribution in [3.8, 4) is 0 Å². The van der Waals surface area contributed by atoms with Crippen molar-refractivity contribution < 1.29 is 4.79 Å². The Morgan fingerprint density at radius 3 is 2.68 bits per heavy atom. The van der Waals surface area contributed by atoms with Gasteiger partial charge in [-0.3, -0.25) is 4.79 Å². The van der Waals surface area contributed by atoms with Crippen LogP contribution in [0.5, 0.6) is 0 Å². The van der Waals surface area contributed by atoms with E-state index in [1.165, 1.54) is 11.3 Å². The number of amides is 1. The zero-order valence-corrected chi connectivity index (χ0v) is 15.7. The van der Waals surface area contributed by atoms with Crippen LogP contribution < -0.4 is 10.2 Å². The number of nitrogens with zero attached hydrogens (tertiary/aromatic N) is 3. The Labute approximate surface area is 151 Å². The summed E-state index contributed by atoms with van der Waals surface area (Å²) in [6.45, 7) is 6.03. The largest absolute Gasteiger partial charge is 0.349 e. The average Bonchev–Trinajstić information content (AvgIpc) is 2.99. The Morgan fingerprint density at radius 1 is 1.28 bits per heavy atom. The first-order chi connectivity index (χ1) is 12.0. The Hall–Kier alpha value is -2.47. The quantitative estimate of drug-likeness (QED) is 0.742. The molecule has 0 aliphatic rings. The number of nitrogens with one attached hydrogen (secondary N) is 1. The Kier molecular flexibility index (Phi) is 4.99. The number of anilines is 2. The highest BCUT2D eigenvalue weighted by Gasteiger charge is 2.21. The molecule has 25 heavy (non-hydrogen) atoms. The monoisotopic (exact) mass is 354 g/mol. The molecule has 1 aromatic carbocycles. The molecule has 0 spiro atoms. The summed E-state index contributed by atoms with van der Waals surface area (Å²) >= 11 is 1.42. The molecule has 1 unspecified atom stereocenters. The van der Waals surface area contributed by atoms with Crippen LogP contribution in [0.25, 0.3) is 10.2 Å². The van der Waals surface area contributed by atoms with Gasteiger partial charge in [0.05, 0.1) is 10.3 Å². The van der Waals surface area contributed by atoms with E-state index in [2.05, 4.69) is 22.2 Å². The number of hydrogen-bond acceptors (Lipinski definition) is 5. The van der Waals surface area contributed by atoms with E-state index < -0.39 is 0 Å². The third-order valence-electron chi connectivity index (χ3n) is 4.36. The summed E-state index contributed by atoms with van der Waals surface area (Å²) < 4.78 is 0. The predicted molar refractivity (Wildman–Crippen MR) is 104 cm³/mol. The SMILES string of the molecule is CCC(C)NC(=O)c1sc2ncnc(N(C)c3ccccc3)c2c1C. The molecule has 3 aromatic rings. The van der Waals surface area contributed by atoms with Gasteiger partial charge in [-0.1, -0.05) is 25.1 Å². The number of aromatic nitrogens is 2. The van der Waals surface area contributed by atoms with E-state index in [1.807, 2.05) is 56.1 Å². The Bertz CT molecular complexity index is 891. The van der Waals surface area contributed by atoms with E-state index in [4.69, 9.17) is 0 Å². The fourth-order valence-electron chi connectivity index (χ4n) is 2.69. The molecule has 1 amide bonds. The van der Waals surface area contributed by atoms with Crippen molar-refractivity contribution in [3.05, 3.63) is 47.1 Å². The molecule has 0 fully saturated rings. The molecule has 0 aliphatic carbocycles. The maximum Gasteiger partial charge on any atom is 0.261 e. The molecular weight excluding hydrogens is 332 g/mol. The number of fused-ring (bicyclic) bond motifs is 1. The number of benzene rings is 1. The molecule has 2 aromatic heterocycles. The van der Waals surface area contributed by atoms with Crippen molar-refractivity contribution >= 4 is 39.0 Å². The van der Waals surface area contributed by atoms with E-state index in [0.29, 0.717) is 4.88 Å². The van der Waals surface area contributed by atoms with E-state index >= 15 is 0 Å². The second kappa shape index (κ2) is 7.19. The summed E-state index contributed by atoms with van der Waals surface area (Å²) in [5.41, 5.74) is 1.97. The molecule has 5 nitrogen and oxygen atoms in total. The molecule has 130 valence electrons. The topological polar surface area (TPSA) is 58.1 Å². The maximum atomic E-state index is 12.6. The third-order valence-corrected chi connectivity index (χ3v) is 5.56. The van der Waals surface area contributed by atoms with Crippen molar-refractivity contribution in [2.24, 2.45) is 0 Å². The minimum absolute atomic E-state index is 0.0387. The Morgan fingerprint density at radius 2 is 2.00 bits per heavy atom. The fourth-order valence-corrected chi connectivity index (χ4v) is 3.74. The lowest BCUT2D eigenvalue weighted by Gasteiger charge is -2.19. The summed E-state index contributed by atoms with van der Waals surface area (Å²) in [5, 5.41) is 3.98. The van der Waals surface area contributed by atoms with Crippen LogP contribution in [0.3, 0.4) is 0 Å². The van der Waals surface area contributed by atoms with Crippen LogP contribution in [0.2, 0.25) is 0 Å². The minimum atomic E-state index is -0.0387. The molecule has 1 atom stereocenters. The molecule has 0 saturated carbocycles. The highest BCUT2D eigenvalue weighted by Crippen LogP contribution is 2.36. The number of para-hydroxylation sites is 1. The second-order valence-corrected chi connectivity index (χ2v) is 7.11. The van der Waals surface area contributed by atoms with Gasteiger partial charge in [-0.2, -0.15) is 0 Å². The van der Waals surface area contributed by atoms with Gasteiger partial charge < -0.3 is 10.2 Å². The summed E-state index contributed by atoms with van der Waals surface area (Å²) in [7, 11) is 1.98. The van der Waals surface area contributed by atoms with Crippen LogP contribution in [-0.2, 0) is 0 Å². The first kappa shape index (κ1) is 17.4. The molecule has 0 saturated heterocycles. The third kappa shape index (κ3) is 3.35. The van der Waals surface area contributed by atoms with Gasteiger partial charge in [-0.15, -0.1) is 11.3 Å². The molecule has 6 heteroatoms. The smallest absolute Gasteiger partial charge is 0.261 e. The van der Waals surface area contributed by atoms with Crippen molar-refractivity contribution in [2.75, 3.05) is 11.9 Å². The maximum absolute atomic E-state index is 12.6. The number of hydrogen-bond donors (Lipinski definition) is 1. The van der Waals surface area contributed by atoms with Gasteiger partial charge >= 0.3 is 0 Å². The van der Waals surface area contributed by atoms with Crippen molar-refractivity contribution in [3.63, 3.8) is 0 Å². The van der Waals surface area contributed by atoms with Gasteiger partial charge in [-0.25, -0.2) is 9.97 Å². The normalized spacial score (nSPS) is 12.2. The van der Waals surface area contributed by atoms with Crippen LogP contribution >= 0.6 is 11.3 Å². The molecule has 3 rings (SSSR count). The van der Waals surface area contributed by atoms with Gasteiger partial charge in [0.2, 0.25) is 0 Å². The van der Waals surface area contributed by atoms with Crippen LogP contribution in [0, 0.1) is 6.92 Å². The average molecular weight is 354 g/mol. The van der Waals surface area contributed by atoms with E-state index in [0.717, 1.165) is 33.7 Å². The molecule has 0 bridgehead atoms. The lowest BCUT2D eigenvalue weighted by molar-refractivity contribution is 0.0943. The van der Waals surface area contributed by atoms with Gasteiger partial charge in [0, 0.05) is 18.8 Å². The highest BCUT2D eigenvalue weighted by molar-refractivity contribution is 7.20. The lowest BCUT2D eigenvalue weighted by Crippen LogP contribution is -2.31. The number of thiophene rings is 1. The van der Waals surface area contributed by atoms with E-state index in [1.54, 1.807) is 6.33 Å². The van der Waals surface area contributed by atoms with Crippen LogP contribution in [-0.4, -0.2) is 29.0 Å². The van der Waals surface area contributed by atoms with Gasteiger partial charge in [0.15, 0.2) is 0 Å². The van der Waals surface area contributed by atoms with Gasteiger partial charge in [0.1, 0.15) is 17.0 Å². The molecule has 2 heterocycles. The van der Waals surface area contributed by atoms with Gasteiger partial charge in [-0.05, 0) is 38.0 Å². The van der Waals surface area contributed by atoms with Crippen molar-refractivity contribution in [1.29, 1.82) is 0 Å². The summed E-state index contributed by atoms with van der Waals surface area (Å²) in [5.74, 6) is 0.774. The minimum Gasteiger partial charge on any atom is -0.349 e. The second-order valence-electron chi connectivity index (χ2n) is 6.11. The number of rotatable bonds is 5. The molecular formula is C19H22N4OS. The first-order valence-electron chi connectivity index (χ1n) is 8.36. The lowest BCUT2D eigenvalue weighted by atomic mass is 10.1. The standard InChI is InChI=1S/C19H22N4OS/c1-5-12(2)22-18(24)16-13(3)15-17(20-11-21-19(15)25-16)23(4)14-9-7-6-8-10-14/h6-12H,5H2,1-4H3,(H,22,24). The van der Waals surface area contributed by atoms with Crippen LogP contribution in [0.15, 0.2) is 36.7 Å². The van der Waals surface area contributed by atoms with E-state index in [-0.39, 0.29) is 11.9 Å².